The molecule has 2 amide bonds. The van der Waals surface area contributed by atoms with Gasteiger partial charge in [-0.05, 0) is 29.2 Å². The van der Waals surface area contributed by atoms with Crippen molar-refractivity contribution >= 4 is 11.8 Å². The average molecular weight is 285 g/mol. The minimum atomic E-state index is -0.244. The Kier molecular flexibility index (Phi) is 3.39. The fourth-order valence-corrected chi connectivity index (χ4v) is 4.47. The van der Waals surface area contributed by atoms with E-state index >= 15 is 0 Å². The lowest BCUT2D eigenvalue weighted by atomic mass is 9.49. The highest BCUT2D eigenvalue weighted by atomic mass is 16.2. The first kappa shape index (κ1) is 14.3. The highest BCUT2D eigenvalue weighted by molar-refractivity contribution is 6.02. The highest BCUT2D eigenvalue weighted by Gasteiger charge is 2.57. The first-order valence-electron chi connectivity index (χ1n) is 7.85. The Labute approximate surface area is 126 Å². The lowest BCUT2D eigenvalue weighted by molar-refractivity contribution is -0.148. The minimum Gasteiger partial charge on any atom is -0.296 e. The minimum absolute atomic E-state index is 0.000815. The monoisotopic (exact) mass is 285 g/mol. The molecule has 1 saturated heterocycles. The number of rotatable bonds is 1. The van der Waals surface area contributed by atoms with E-state index in [1.165, 1.54) is 6.42 Å². The molecular formula is C18H23NO2. The van der Waals surface area contributed by atoms with Crippen LogP contribution >= 0.6 is 0 Å². The zero-order valence-corrected chi connectivity index (χ0v) is 12.8. The van der Waals surface area contributed by atoms with E-state index in [0.29, 0.717) is 6.42 Å². The van der Waals surface area contributed by atoms with Crippen molar-refractivity contribution in [2.24, 2.45) is 10.8 Å². The molecule has 3 heteroatoms. The maximum atomic E-state index is 12.6. The van der Waals surface area contributed by atoms with Crippen LogP contribution in [0.5, 0.6) is 0 Å². The fraction of sp³-hybridized carbons (Fsp3) is 0.556. The van der Waals surface area contributed by atoms with Gasteiger partial charge in [0.25, 0.3) is 0 Å². The van der Waals surface area contributed by atoms with Crippen LogP contribution in [0.3, 0.4) is 0 Å². The number of piperidine rings is 1. The van der Waals surface area contributed by atoms with Crippen LogP contribution in [-0.2, 0) is 9.59 Å². The number of imide groups is 1. The van der Waals surface area contributed by atoms with E-state index in [2.05, 4.69) is 19.2 Å². The second-order valence-electron chi connectivity index (χ2n) is 7.18. The van der Waals surface area contributed by atoms with E-state index in [0.717, 1.165) is 24.8 Å². The standard InChI is InChI=1S/C18H23NO2/c1-17(2)10-6-7-11-18(17)12-14(20)19-16(21)15(18)13-8-4-3-5-9-13/h3-5,8-9,15H,6-7,10-12H2,1-2H3,(H,19,20,21). The summed E-state index contributed by atoms with van der Waals surface area (Å²) in [7, 11) is 0. The van der Waals surface area contributed by atoms with Gasteiger partial charge < -0.3 is 0 Å². The maximum absolute atomic E-state index is 12.6. The molecule has 0 radical (unpaired) electrons. The van der Waals surface area contributed by atoms with Crippen molar-refractivity contribution in [3.63, 3.8) is 0 Å². The third-order valence-corrected chi connectivity index (χ3v) is 5.71. The number of nitrogens with one attached hydrogen (secondary N) is 1. The van der Waals surface area contributed by atoms with Crippen molar-refractivity contribution in [1.29, 1.82) is 0 Å². The van der Waals surface area contributed by atoms with Gasteiger partial charge in [0.15, 0.2) is 0 Å². The maximum Gasteiger partial charge on any atom is 0.234 e. The second-order valence-corrected chi connectivity index (χ2v) is 7.18. The molecule has 1 spiro atoms. The summed E-state index contributed by atoms with van der Waals surface area (Å²) in [5, 5.41) is 2.56. The van der Waals surface area contributed by atoms with Crippen LogP contribution in [0.1, 0.15) is 57.4 Å². The molecule has 1 aliphatic heterocycles. The summed E-state index contributed by atoms with van der Waals surface area (Å²) in [6.07, 6.45) is 4.79. The van der Waals surface area contributed by atoms with Gasteiger partial charge in [-0.1, -0.05) is 57.0 Å². The molecule has 1 aromatic carbocycles. The van der Waals surface area contributed by atoms with Crippen molar-refractivity contribution in [1.82, 2.24) is 5.32 Å². The number of hydrogen-bond acceptors (Lipinski definition) is 2. The predicted octanol–water partition coefficient (Wildman–Crippen LogP) is 3.40. The number of amides is 2. The van der Waals surface area contributed by atoms with Crippen LogP contribution in [0.2, 0.25) is 0 Å². The molecule has 2 atom stereocenters. The van der Waals surface area contributed by atoms with Gasteiger partial charge in [0.2, 0.25) is 11.8 Å². The zero-order valence-electron chi connectivity index (χ0n) is 12.8. The van der Waals surface area contributed by atoms with Gasteiger partial charge in [0.05, 0.1) is 5.92 Å². The van der Waals surface area contributed by atoms with Gasteiger partial charge in [-0.15, -0.1) is 0 Å². The third-order valence-electron chi connectivity index (χ3n) is 5.71. The predicted molar refractivity (Wildman–Crippen MR) is 81.6 cm³/mol. The van der Waals surface area contributed by atoms with Crippen LogP contribution in [0.4, 0.5) is 0 Å². The molecule has 3 nitrogen and oxygen atoms in total. The van der Waals surface area contributed by atoms with Gasteiger partial charge in [-0.2, -0.15) is 0 Å². The summed E-state index contributed by atoms with van der Waals surface area (Å²) in [6.45, 7) is 4.46. The van der Waals surface area contributed by atoms with E-state index < -0.39 is 0 Å². The van der Waals surface area contributed by atoms with Crippen LogP contribution < -0.4 is 5.32 Å². The molecule has 1 aliphatic carbocycles. The van der Waals surface area contributed by atoms with Gasteiger partial charge in [0.1, 0.15) is 0 Å². The molecule has 21 heavy (non-hydrogen) atoms. The molecular weight excluding hydrogens is 262 g/mol. The molecule has 0 aromatic heterocycles. The summed E-state index contributed by atoms with van der Waals surface area (Å²) in [6, 6.07) is 9.96. The molecule has 2 aliphatic rings. The first-order valence-corrected chi connectivity index (χ1v) is 7.85. The van der Waals surface area contributed by atoms with Crippen LogP contribution in [-0.4, -0.2) is 11.8 Å². The van der Waals surface area contributed by atoms with Crippen molar-refractivity contribution in [3.8, 4) is 0 Å². The van der Waals surface area contributed by atoms with Gasteiger partial charge >= 0.3 is 0 Å². The van der Waals surface area contributed by atoms with Crippen LogP contribution in [0.25, 0.3) is 0 Å². The van der Waals surface area contributed by atoms with Crippen molar-refractivity contribution < 1.29 is 9.59 Å². The van der Waals surface area contributed by atoms with Gasteiger partial charge in [0, 0.05) is 6.42 Å². The smallest absolute Gasteiger partial charge is 0.234 e. The topological polar surface area (TPSA) is 46.2 Å². The van der Waals surface area contributed by atoms with Gasteiger partial charge in [-0.25, -0.2) is 0 Å². The molecule has 1 N–H and O–H groups in total. The molecule has 0 bridgehead atoms. The number of carbonyl (C=O) groups excluding carboxylic acids is 2. The third kappa shape index (κ3) is 2.19. The Bertz CT molecular complexity index is 564. The average Bonchev–Trinajstić information content (AvgIpc) is 2.42. The van der Waals surface area contributed by atoms with E-state index in [-0.39, 0.29) is 28.6 Å². The summed E-state index contributed by atoms with van der Waals surface area (Å²) in [5.74, 6) is -0.443. The van der Waals surface area contributed by atoms with Crippen LogP contribution in [0.15, 0.2) is 30.3 Å². The molecule has 112 valence electrons. The number of carbonyl (C=O) groups is 2. The molecule has 2 unspecified atom stereocenters. The fourth-order valence-electron chi connectivity index (χ4n) is 4.47. The van der Waals surface area contributed by atoms with Crippen molar-refractivity contribution in [3.05, 3.63) is 35.9 Å². The Balaban J connectivity index is 2.13. The number of benzene rings is 1. The van der Waals surface area contributed by atoms with E-state index in [4.69, 9.17) is 0 Å². The summed E-state index contributed by atoms with van der Waals surface area (Å²) in [4.78, 5) is 24.7. The Hall–Kier alpha value is -1.64. The number of hydrogen-bond donors (Lipinski definition) is 1. The zero-order chi connectivity index (χ0) is 15.1. The molecule has 3 rings (SSSR count). The van der Waals surface area contributed by atoms with Crippen LogP contribution in [0, 0.1) is 10.8 Å². The quantitative estimate of drug-likeness (QED) is 0.804. The Morgan fingerprint density at radius 3 is 2.38 bits per heavy atom. The largest absolute Gasteiger partial charge is 0.296 e. The molecule has 1 heterocycles. The van der Waals surface area contributed by atoms with E-state index in [1.807, 2.05) is 30.3 Å². The Morgan fingerprint density at radius 1 is 1.05 bits per heavy atom. The summed E-state index contributed by atoms with van der Waals surface area (Å²) in [5.41, 5.74) is 0.794. The normalized spacial score (nSPS) is 32.0. The summed E-state index contributed by atoms with van der Waals surface area (Å²) < 4.78 is 0. The second kappa shape index (κ2) is 4.97. The first-order chi connectivity index (χ1) is 9.96. The molecule has 1 aromatic rings. The SMILES string of the molecule is CC1(C)CCCCC12CC(=O)NC(=O)C2c1ccccc1. The van der Waals surface area contributed by atoms with E-state index in [9.17, 15) is 9.59 Å². The van der Waals surface area contributed by atoms with Gasteiger partial charge in [-0.3, -0.25) is 14.9 Å². The lowest BCUT2D eigenvalue weighted by Crippen LogP contribution is -2.57. The molecule has 2 fully saturated rings. The highest BCUT2D eigenvalue weighted by Crippen LogP contribution is 2.60. The molecule has 1 saturated carbocycles. The van der Waals surface area contributed by atoms with E-state index in [1.54, 1.807) is 0 Å². The Morgan fingerprint density at radius 2 is 1.71 bits per heavy atom. The lowest BCUT2D eigenvalue weighted by Gasteiger charge is -2.55. The van der Waals surface area contributed by atoms with Crippen molar-refractivity contribution in [2.45, 2.75) is 51.9 Å². The van der Waals surface area contributed by atoms with Crippen molar-refractivity contribution in [2.75, 3.05) is 0 Å². The summed E-state index contributed by atoms with van der Waals surface area (Å²) >= 11 is 0.